The molecule has 1 heterocycles. The molecule has 0 spiro atoms. The molecule has 0 saturated carbocycles. The summed E-state index contributed by atoms with van der Waals surface area (Å²) in [7, 11) is 0. The van der Waals surface area contributed by atoms with Crippen LogP contribution in [0.4, 0.5) is 0 Å². The molecule has 1 N–H and O–H groups in total. The van der Waals surface area contributed by atoms with E-state index in [1.54, 1.807) is 12.1 Å². The minimum absolute atomic E-state index is 0.00515. The number of ether oxygens (including phenoxy) is 1. The van der Waals surface area contributed by atoms with Crippen LogP contribution in [0.3, 0.4) is 0 Å². The highest BCUT2D eigenvalue weighted by atomic mass is 16.5. The summed E-state index contributed by atoms with van der Waals surface area (Å²) in [5.41, 5.74) is 2.61. The molecule has 3 rings (SSSR count). The Bertz CT molecular complexity index is 724. The summed E-state index contributed by atoms with van der Waals surface area (Å²) < 4.78 is 6.08. The lowest BCUT2D eigenvalue weighted by Crippen LogP contribution is -2.52. The summed E-state index contributed by atoms with van der Waals surface area (Å²) in [6.07, 6.45) is -0.585. The number of aliphatic hydroxyl groups is 1. The van der Waals surface area contributed by atoms with Gasteiger partial charge in [-0.05, 0) is 37.1 Å². The molecule has 4 atom stereocenters. The molecule has 2 aromatic rings. The van der Waals surface area contributed by atoms with Crippen molar-refractivity contribution in [3.8, 4) is 6.07 Å². The van der Waals surface area contributed by atoms with Crippen molar-refractivity contribution in [2.75, 3.05) is 13.2 Å². The molecule has 4 nitrogen and oxygen atoms in total. The first-order valence-electron chi connectivity index (χ1n) is 8.70. The fraction of sp³-hybridized carbons (Fsp3) is 0.381. The molecule has 0 radical (unpaired) electrons. The summed E-state index contributed by atoms with van der Waals surface area (Å²) >= 11 is 0. The molecule has 1 aliphatic heterocycles. The summed E-state index contributed by atoms with van der Waals surface area (Å²) in [5, 5.41) is 19.6. The second-order valence-electron chi connectivity index (χ2n) is 6.70. The highest BCUT2D eigenvalue weighted by molar-refractivity contribution is 5.32. The maximum atomic E-state index is 10.7. The zero-order valence-corrected chi connectivity index (χ0v) is 14.7. The average molecular weight is 336 g/mol. The van der Waals surface area contributed by atoms with Crippen molar-refractivity contribution in [1.82, 2.24) is 4.90 Å². The van der Waals surface area contributed by atoms with Crippen LogP contribution < -0.4 is 0 Å². The molecule has 1 aliphatic rings. The maximum absolute atomic E-state index is 10.7. The van der Waals surface area contributed by atoms with E-state index in [2.05, 4.69) is 36.9 Å². The number of rotatable bonds is 4. The number of morpholine rings is 1. The van der Waals surface area contributed by atoms with Crippen LogP contribution in [0, 0.1) is 11.3 Å². The van der Waals surface area contributed by atoms with Gasteiger partial charge in [0.25, 0.3) is 0 Å². The van der Waals surface area contributed by atoms with E-state index >= 15 is 0 Å². The lowest BCUT2D eigenvalue weighted by Gasteiger charge is -2.44. The van der Waals surface area contributed by atoms with Gasteiger partial charge in [-0.15, -0.1) is 0 Å². The lowest BCUT2D eigenvalue weighted by molar-refractivity contribution is -0.106. The normalized spacial score (nSPS) is 25.3. The predicted octanol–water partition coefficient (Wildman–Crippen LogP) is 3.44. The van der Waals surface area contributed by atoms with Gasteiger partial charge >= 0.3 is 0 Å². The van der Waals surface area contributed by atoms with Crippen LogP contribution in [0.1, 0.15) is 42.7 Å². The standard InChI is InChI=1S/C21H24N2O2/c1-15-14-25-21(19-6-4-3-5-7-19)16(2)23(15)13-20(24)18-10-8-17(12-22)9-11-18/h3-11,15-16,20-21,24H,13-14H2,1-2H3. The van der Waals surface area contributed by atoms with Gasteiger partial charge in [0.15, 0.2) is 0 Å². The fourth-order valence-electron chi connectivity index (χ4n) is 3.50. The Morgan fingerprint density at radius 1 is 1.16 bits per heavy atom. The molecule has 130 valence electrons. The summed E-state index contributed by atoms with van der Waals surface area (Å²) in [4.78, 5) is 2.31. The number of benzene rings is 2. The van der Waals surface area contributed by atoms with Gasteiger partial charge in [-0.2, -0.15) is 5.26 Å². The maximum Gasteiger partial charge on any atom is 0.0991 e. The van der Waals surface area contributed by atoms with Crippen LogP contribution in [-0.4, -0.2) is 35.2 Å². The quantitative estimate of drug-likeness (QED) is 0.929. The second kappa shape index (κ2) is 7.79. The van der Waals surface area contributed by atoms with E-state index in [1.165, 1.54) is 5.56 Å². The zero-order valence-electron chi connectivity index (χ0n) is 14.7. The summed E-state index contributed by atoms with van der Waals surface area (Å²) in [6, 6.07) is 19.9. The van der Waals surface area contributed by atoms with E-state index in [9.17, 15) is 5.11 Å². The molecule has 0 amide bonds. The van der Waals surface area contributed by atoms with Crippen molar-refractivity contribution in [3.05, 3.63) is 71.3 Å². The molecule has 0 aliphatic carbocycles. The monoisotopic (exact) mass is 336 g/mol. The Balaban J connectivity index is 1.74. The van der Waals surface area contributed by atoms with Crippen LogP contribution in [0.5, 0.6) is 0 Å². The van der Waals surface area contributed by atoms with Crippen molar-refractivity contribution < 1.29 is 9.84 Å². The fourth-order valence-corrected chi connectivity index (χ4v) is 3.50. The first-order valence-corrected chi connectivity index (χ1v) is 8.70. The number of hydrogen-bond acceptors (Lipinski definition) is 4. The number of aliphatic hydroxyl groups excluding tert-OH is 1. The molecular weight excluding hydrogens is 312 g/mol. The van der Waals surface area contributed by atoms with Crippen molar-refractivity contribution in [2.24, 2.45) is 0 Å². The van der Waals surface area contributed by atoms with Gasteiger partial charge in [0.1, 0.15) is 0 Å². The first-order chi connectivity index (χ1) is 12.1. The van der Waals surface area contributed by atoms with Gasteiger partial charge in [-0.1, -0.05) is 42.5 Å². The van der Waals surface area contributed by atoms with Gasteiger partial charge in [0.05, 0.1) is 30.4 Å². The predicted molar refractivity (Wildman–Crippen MR) is 96.9 cm³/mol. The van der Waals surface area contributed by atoms with Crippen LogP contribution >= 0.6 is 0 Å². The molecule has 1 saturated heterocycles. The SMILES string of the molecule is CC1COC(c2ccccc2)C(C)N1CC(O)c1ccc(C#N)cc1. The molecule has 25 heavy (non-hydrogen) atoms. The molecule has 0 aromatic heterocycles. The highest BCUT2D eigenvalue weighted by Gasteiger charge is 2.35. The molecule has 4 heteroatoms. The van der Waals surface area contributed by atoms with Gasteiger partial charge in [0, 0.05) is 18.6 Å². The number of hydrogen-bond donors (Lipinski definition) is 1. The Kier molecular flexibility index (Phi) is 5.50. The van der Waals surface area contributed by atoms with Gasteiger partial charge in [-0.25, -0.2) is 0 Å². The van der Waals surface area contributed by atoms with Crippen molar-refractivity contribution in [2.45, 2.75) is 38.1 Å². The van der Waals surface area contributed by atoms with E-state index in [0.717, 1.165) is 5.56 Å². The molecule has 1 fully saturated rings. The van der Waals surface area contributed by atoms with E-state index in [0.29, 0.717) is 18.7 Å². The second-order valence-corrected chi connectivity index (χ2v) is 6.70. The Morgan fingerprint density at radius 2 is 1.84 bits per heavy atom. The lowest BCUT2D eigenvalue weighted by atomic mass is 9.97. The Hall–Kier alpha value is -2.19. The number of nitrogens with zero attached hydrogens (tertiary/aromatic N) is 2. The third-order valence-corrected chi connectivity index (χ3v) is 4.98. The zero-order chi connectivity index (χ0) is 17.8. The van der Waals surface area contributed by atoms with Crippen LogP contribution in [0.25, 0.3) is 0 Å². The minimum Gasteiger partial charge on any atom is -0.387 e. The highest BCUT2D eigenvalue weighted by Crippen LogP contribution is 2.32. The third kappa shape index (κ3) is 3.91. The van der Waals surface area contributed by atoms with E-state index in [4.69, 9.17) is 10.00 Å². The van der Waals surface area contributed by atoms with E-state index < -0.39 is 6.10 Å². The Labute approximate surface area is 149 Å². The Morgan fingerprint density at radius 3 is 2.48 bits per heavy atom. The third-order valence-electron chi connectivity index (χ3n) is 4.98. The van der Waals surface area contributed by atoms with Crippen molar-refractivity contribution in [3.63, 3.8) is 0 Å². The largest absolute Gasteiger partial charge is 0.387 e. The first kappa shape index (κ1) is 17.6. The molecular formula is C21H24N2O2. The summed E-state index contributed by atoms with van der Waals surface area (Å²) in [5.74, 6) is 0. The molecule has 4 unspecified atom stereocenters. The smallest absolute Gasteiger partial charge is 0.0991 e. The minimum atomic E-state index is -0.591. The number of β-amino-alcohol motifs (C(OH)–C–C–N with tert-alkyl or cyclic N) is 1. The van der Waals surface area contributed by atoms with Crippen molar-refractivity contribution in [1.29, 1.82) is 5.26 Å². The number of nitriles is 1. The topological polar surface area (TPSA) is 56.5 Å². The van der Waals surface area contributed by atoms with Gasteiger partial charge in [-0.3, -0.25) is 4.90 Å². The van der Waals surface area contributed by atoms with E-state index in [-0.39, 0.29) is 18.2 Å². The summed E-state index contributed by atoms with van der Waals surface area (Å²) in [6.45, 7) is 5.47. The molecule has 0 bridgehead atoms. The molecule has 2 aromatic carbocycles. The van der Waals surface area contributed by atoms with Gasteiger partial charge < -0.3 is 9.84 Å². The van der Waals surface area contributed by atoms with Crippen LogP contribution in [0.2, 0.25) is 0 Å². The average Bonchev–Trinajstić information content (AvgIpc) is 2.65. The van der Waals surface area contributed by atoms with Crippen molar-refractivity contribution >= 4 is 0 Å². The van der Waals surface area contributed by atoms with Crippen LogP contribution in [-0.2, 0) is 4.74 Å². The van der Waals surface area contributed by atoms with Crippen LogP contribution in [0.15, 0.2) is 54.6 Å². The van der Waals surface area contributed by atoms with Gasteiger partial charge in [0.2, 0.25) is 0 Å². The van der Waals surface area contributed by atoms with E-state index in [1.807, 2.05) is 30.3 Å².